The lowest BCUT2D eigenvalue weighted by molar-refractivity contribution is -0.139. The average molecular weight is 363 g/mol. The van der Waals surface area contributed by atoms with Crippen molar-refractivity contribution in [2.75, 3.05) is 6.61 Å². The highest BCUT2D eigenvalue weighted by molar-refractivity contribution is 5.58. The van der Waals surface area contributed by atoms with Crippen molar-refractivity contribution in [3.63, 3.8) is 0 Å². The molecule has 0 radical (unpaired) electrons. The number of ether oxygens (including phenoxy) is 1. The number of alkyl halides is 3. The van der Waals surface area contributed by atoms with E-state index in [1.165, 1.54) is 18.2 Å². The van der Waals surface area contributed by atoms with E-state index in [4.69, 9.17) is 4.74 Å². The van der Waals surface area contributed by atoms with Crippen LogP contribution < -0.4 is 4.74 Å². The summed E-state index contributed by atoms with van der Waals surface area (Å²) in [6, 6.07) is 10.3. The smallest absolute Gasteiger partial charge is 0.419 e. The number of aromatic nitrogens is 3. The Kier molecular flexibility index (Phi) is 5.22. The van der Waals surface area contributed by atoms with Gasteiger partial charge in [0.05, 0.1) is 17.8 Å². The van der Waals surface area contributed by atoms with Gasteiger partial charge in [-0.1, -0.05) is 12.1 Å². The maximum Gasteiger partial charge on any atom is 0.419 e. The van der Waals surface area contributed by atoms with E-state index >= 15 is 0 Å². The van der Waals surface area contributed by atoms with Gasteiger partial charge in [-0.2, -0.15) is 18.3 Å². The quantitative estimate of drug-likeness (QED) is 0.729. The summed E-state index contributed by atoms with van der Waals surface area (Å²) in [6.07, 6.45) is -0.683. The van der Waals surface area contributed by atoms with Gasteiger partial charge in [0, 0.05) is 24.2 Å². The number of aliphatic hydroxyl groups excluding tert-OH is 1. The molecule has 2 heterocycles. The zero-order chi connectivity index (χ0) is 18.6. The monoisotopic (exact) mass is 363 g/mol. The lowest BCUT2D eigenvalue weighted by Crippen LogP contribution is -2.25. The minimum atomic E-state index is -4.52. The summed E-state index contributed by atoms with van der Waals surface area (Å²) in [6.45, 7) is -0.207. The van der Waals surface area contributed by atoms with Gasteiger partial charge < -0.3 is 9.84 Å². The fourth-order valence-corrected chi connectivity index (χ4v) is 2.51. The van der Waals surface area contributed by atoms with Gasteiger partial charge in [-0.05, 0) is 30.3 Å². The van der Waals surface area contributed by atoms with E-state index < -0.39 is 17.8 Å². The zero-order valence-electron chi connectivity index (χ0n) is 13.6. The van der Waals surface area contributed by atoms with Crippen LogP contribution in [0.15, 0.2) is 61.1 Å². The minimum absolute atomic E-state index is 0.0822. The molecule has 0 saturated heterocycles. The zero-order valence-corrected chi connectivity index (χ0v) is 13.6. The molecule has 0 amide bonds. The molecule has 0 aliphatic heterocycles. The molecule has 0 fully saturated rings. The molecule has 0 aliphatic carbocycles. The number of nitrogens with zero attached hydrogens (tertiary/aromatic N) is 3. The molecule has 136 valence electrons. The first-order valence-electron chi connectivity index (χ1n) is 7.84. The van der Waals surface area contributed by atoms with Crippen molar-refractivity contribution >= 4 is 0 Å². The first-order valence-corrected chi connectivity index (χ1v) is 7.84. The highest BCUT2D eigenvalue weighted by Crippen LogP contribution is 2.35. The molecule has 0 aliphatic rings. The Labute approximate surface area is 147 Å². The summed E-state index contributed by atoms with van der Waals surface area (Å²) < 4.78 is 45.6. The Morgan fingerprint density at radius 1 is 1.04 bits per heavy atom. The number of hydrogen-bond donors (Lipinski definition) is 1. The van der Waals surface area contributed by atoms with Gasteiger partial charge in [0.1, 0.15) is 18.5 Å². The molecule has 1 atom stereocenters. The third-order valence-electron chi connectivity index (χ3n) is 3.70. The van der Waals surface area contributed by atoms with Crippen molar-refractivity contribution in [3.8, 4) is 17.0 Å². The maximum absolute atomic E-state index is 13.0. The molecule has 1 unspecified atom stereocenters. The lowest BCUT2D eigenvalue weighted by Gasteiger charge is -2.17. The van der Waals surface area contributed by atoms with Crippen LogP contribution >= 0.6 is 0 Å². The van der Waals surface area contributed by atoms with E-state index in [-0.39, 0.29) is 18.9 Å². The van der Waals surface area contributed by atoms with Crippen LogP contribution in [0.2, 0.25) is 0 Å². The van der Waals surface area contributed by atoms with Crippen molar-refractivity contribution in [1.82, 2.24) is 14.8 Å². The summed E-state index contributed by atoms with van der Waals surface area (Å²) in [5.74, 6) is -0.311. The Bertz CT molecular complexity index is 850. The average Bonchev–Trinajstić information content (AvgIpc) is 3.08. The van der Waals surface area contributed by atoms with E-state index in [0.717, 1.165) is 17.3 Å². The number of hydrogen-bond acceptors (Lipinski definition) is 4. The first-order chi connectivity index (χ1) is 12.4. The van der Waals surface area contributed by atoms with Crippen molar-refractivity contribution in [1.29, 1.82) is 0 Å². The first kappa shape index (κ1) is 17.9. The van der Waals surface area contributed by atoms with Crippen LogP contribution in [0.3, 0.4) is 0 Å². The maximum atomic E-state index is 13.0. The molecule has 2 aromatic heterocycles. The molecule has 0 spiro atoms. The molecule has 5 nitrogen and oxygen atoms in total. The molecule has 3 aromatic rings. The highest BCUT2D eigenvalue weighted by Gasteiger charge is 2.34. The van der Waals surface area contributed by atoms with E-state index in [2.05, 4.69) is 10.1 Å². The number of para-hydroxylation sites is 1. The number of aliphatic hydroxyl groups is 1. The molecular formula is C18H16F3N3O2. The standard InChI is InChI=1S/C18H16F3N3O2/c19-18(20,21)15-3-1-2-4-17(15)26-12-14(25)11-24-16(7-10-23-24)13-5-8-22-9-6-13/h1-10,14,25H,11-12H2. The second-order valence-corrected chi connectivity index (χ2v) is 5.59. The van der Waals surface area contributed by atoms with Crippen LogP contribution in [-0.4, -0.2) is 32.6 Å². The predicted octanol–water partition coefficient (Wildman–Crippen LogP) is 3.40. The van der Waals surface area contributed by atoms with Crippen molar-refractivity contribution in [3.05, 3.63) is 66.6 Å². The molecule has 26 heavy (non-hydrogen) atoms. The summed E-state index contributed by atoms with van der Waals surface area (Å²) in [5, 5.41) is 14.3. The number of pyridine rings is 1. The van der Waals surface area contributed by atoms with Gasteiger partial charge in [-0.15, -0.1) is 0 Å². The van der Waals surface area contributed by atoms with E-state index in [1.807, 2.05) is 0 Å². The fraction of sp³-hybridized carbons (Fsp3) is 0.222. The van der Waals surface area contributed by atoms with Crippen molar-refractivity contribution in [2.45, 2.75) is 18.8 Å². The highest BCUT2D eigenvalue weighted by atomic mass is 19.4. The summed E-state index contributed by atoms with van der Waals surface area (Å²) in [4.78, 5) is 3.95. The number of rotatable bonds is 6. The topological polar surface area (TPSA) is 60.2 Å². The second kappa shape index (κ2) is 7.57. The van der Waals surface area contributed by atoms with Gasteiger partial charge >= 0.3 is 6.18 Å². The number of halogens is 3. The van der Waals surface area contributed by atoms with Crippen molar-refractivity contribution in [2.24, 2.45) is 0 Å². The van der Waals surface area contributed by atoms with Crippen molar-refractivity contribution < 1.29 is 23.0 Å². The Morgan fingerprint density at radius 2 is 1.77 bits per heavy atom. The summed E-state index contributed by atoms with van der Waals surface area (Å²) >= 11 is 0. The molecular weight excluding hydrogens is 347 g/mol. The van der Waals surface area contributed by atoms with Gasteiger partial charge in [-0.3, -0.25) is 9.67 Å². The van der Waals surface area contributed by atoms with E-state index in [0.29, 0.717) is 0 Å². The van der Waals surface area contributed by atoms with E-state index in [9.17, 15) is 18.3 Å². The van der Waals surface area contributed by atoms with Gasteiger partial charge in [0.2, 0.25) is 0 Å². The van der Waals surface area contributed by atoms with Crippen LogP contribution in [0.1, 0.15) is 5.56 Å². The Balaban J connectivity index is 1.67. The second-order valence-electron chi connectivity index (χ2n) is 5.59. The molecule has 8 heteroatoms. The lowest BCUT2D eigenvalue weighted by atomic mass is 10.2. The minimum Gasteiger partial charge on any atom is -0.490 e. The third kappa shape index (κ3) is 4.20. The summed E-state index contributed by atoms with van der Waals surface area (Å²) in [7, 11) is 0. The molecule has 0 bridgehead atoms. The largest absolute Gasteiger partial charge is 0.490 e. The molecule has 0 saturated carbocycles. The molecule has 1 N–H and O–H groups in total. The Hall–Kier alpha value is -2.87. The van der Waals surface area contributed by atoms with Gasteiger partial charge in [-0.25, -0.2) is 0 Å². The predicted molar refractivity (Wildman–Crippen MR) is 88.4 cm³/mol. The van der Waals surface area contributed by atoms with Crippen LogP contribution in [-0.2, 0) is 12.7 Å². The number of benzene rings is 1. The third-order valence-corrected chi connectivity index (χ3v) is 3.70. The SMILES string of the molecule is OC(COc1ccccc1C(F)(F)F)Cn1nccc1-c1ccncc1. The fourth-order valence-electron chi connectivity index (χ4n) is 2.51. The van der Waals surface area contributed by atoms with Gasteiger partial charge in [0.15, 0.2) is 0 Å². The Morgan fingerprint density at radius 3 is 2.50 bits per heavy atom. The normalized spacial score (nSPS) is 12.8. The van der Waals surface area contributed by atoms with Crippen LogP contribution in [0.5, 0.6) is 5.75 Å². The van der Waals surface area contributed by atoms with Crippen LogP contribution in [0, 0.1) is 0 Å². The van der Waals surface area contributed by atoms with Crippen LogP contribution in [0.4, 0.5) is 13.2 Å². The molecule has 1 aromatic carbocycles. The van der Waals surface area contributed by atoms with Gasteiger partial charge in [0.25, 0.3) is 0 Å². The van der Waals surface area contributed by atoms with Crippen LogP contribution in [0.25, 0.3) is 11.3 Å². The summed E-state index contributed by atoms with van der Waals surface area (Å²) in [5.41, 5.74) is 0.763. The van der Waals surface area contributed by atoms with E-state index in [1.54, 1.807) is 41.5 Å². The molecule has 3 rings (SSSR count).